The third-order valence-corrected chi connectivity index (χ3v) is 5.24. The average molecular weight is 391 g/mol. The number of H-pyrrole nitrogens is 1. The smallest absolute Gasteiger partial charge is 0.162 e. The van der Waals surface area contributed by atoms with Gasteiger partial charge >= 0.3 is 0 Å². The maximum Gasteiger partial charge on any atom is 0.162 e. The van der Waals surface area contributed by atoms with Crippen molar-refractivity contribution in [3.63, 3.8) is 0 Å². The summed E-state index contributed by atoms with van der Waals surface area (Å²) in [6.07, 6.45) is 5.19. The minimum Gasteiger partial charge on any atom is -0.404 e. The van der Waals surface area contributed by atoms with Crippen molar-refractivity contribution in [2.45, 2.75) is 19.9 Å². The molecule has 3 N–H and O–H groups in total. The molecule has 3 aromatic heterocycles. The number of pyridine rings is 1. The number of morpholine rings is 1. The van der Waals surface area contributed by atoms with Gasteiger partial charge in [0, 0.05) is 60.5 Å². The summed E-state index contributed by atoms with van der Waals surface area (Å²) in [5, 5.41) is 0.977. The van der Waals surface area contributed by atoms with Gasteiger partial charge in [0.1, 0.15) is 11.5 Å². The van der Waals surface area contributed by atoms with Crippen LogP contribution in [0.5, 0.6) is 0 Å². The fourth-order valence-electron chi connectivity index (χ4n) is 3.58. The monoisotopic (exact) mass is 391 g/mol. The fraction of sp³-hybridized carbons (Fsp3) is 0.333. The average Bonchev–Trinajstić information content (AvgIpc) is 3.23. The first kappa shape index (κ1) is 19.1. The van der Waals surface area contributed by atoms with Crippen molar-refractivity contribution in [2.24, 2.45) is 10.7 Å². The molecular weight excluding hydrogens is 366 g/mol. The van der Waals surface area contributed by atoms with Crippen LogP contribution in [0.25, 0.3) is 28.0 Å². The summed E-state index contributed by atoms with van der Waals surface area (Å²) in [5.41, 5.74) is 10.0. The molecule has 1 atom stereocenters. The Balaban J connectivity index is 1.92. The molecule has 150 valence electrons. The number of nitrogens with zero attached hydrogens (tertiary/aromatic N) is 5. The molecule has 8 heteroatoms. The zero-order chi connectivity index (χ0) is 20.4. The number of nitrogens with one attached hydrogen (secondary N) is 1. The van der Waals surface area contributed by atoms with E-state index in [2.05, 4.69) is 26.8 Å². The van der Waals surface area contributed by atoms with Gasteiger partial charge < -0.3 is 20.4 Å². The number of hydrogen-bond acceptors (Lipinski definition) is 7. The Morgan fingerprint density at radius 1 is 1.38 bits per heavy atom. The SMILES string of the molecule is CN=C(C)C(=CN)c1cc(N2CCOCC2C)nc(-c2ccnc3[nH]ccc23)n1. The molecule has 4 rings (SSSR count). The number of aromatic nitrogens is 4. The number of nitrogens with two attached hydrogens (primary N) is 1. The number of anilines is 1. The van der Waals surface area contributed by atoms with Crippen molar-refractivity contribution in [3.8, 4) is 11.4 Å². The van der Waals surface area contributed by atoms with Gasteiger partial charge in [-0.1, -0.05) is 0 Å². The van der Waals surface area contributed by atoms with Crippen LogP contribution in [0.15, 0.2) is 41.8 Å². The van der Waals surface area contributed by atoms with Crippen LogP contribution < -0.4 is 10.6 Å². The predicted molar refractivity (Wildman–Crippen MR) is 116 cm³/mol. The van der Waals surface area contributed by atoms with E-state index in [4.69, 9.17) is 20.4 Å². The molecule has 1 unspecified atom stereocenters. The highest BCUT2D eigenvalue weighted by Crippen LogP contribution is 2.29. The van der Waals surface area contributed by atoms with Crippen LogP contribution in [0.4, 0.5) is 5.82 Å². The molecule has 0 amide bonds. The summed E-state index contributed by atoms with van der Waals surface area (Å²) in [6.45, 7) is 6.17. The Morgan fingerprint density at radius 3 is 3.00 bits per heavy atom. The second-order valence-corrected chi connectivity index (χ2v) is 7.04. The zero-order valence-corrected chi connectivity index (χ0v) is 16.9. The van der Waals surface area contributed by atoms with Gasteiger partial charge in [-0.05, 0) is 26.0 Å². The van der Waals surface area contributed by atoms with Gasteiger partial charge in [0.05, 0.1) is 24.9 Å². The van der Waals surface area contributed by atoms with E-state index < -0.39 is 0 Å². The first-order chi connectivity index (χ1) is 14.1. The normalized spacial score (nSPS) is 18.4. The molecule has 0 aromatic carbocycles. The molecule has 1 fully saturated rings. The van der Waals surface area contributed by atoms with Crippen LogP contribution in [0.1, 0.15) is 19.5 Å². The third-order valence-electron chi connectivity index (χ3n) is 5.24. The summed E-state index contributed by atoms with van der Waals surface area (Å²) in [4.78, 5) is 23.8. The van der Waals surface area contributed by atoms with Crippen LogP contribution in [0.3, 0.4) is 0 Å². The van der Waals surface area contributed by atoms with Gasteiger partial charge in [-0.2, -0.15) is 0 Å². The maximum absolute atomic E-state index is 5.95. The largest absolute Gasteiger partial charge is 0.404 e. The number of allylic oxidation sites excluding steroid dienone is 1. The van der Waals surface area contributed by atoms with Gasteiger partial charge in [0.15, 0.2) is 5.82 Å². The molecule has 8 nitrogen and oxygen atoms in total. The lowest BCUT2D eigenvalue weighted by Crippen LogP contribution is -2.44. The molecule has 29 heavy (non-hydrogen) atoms. The third kappa shape index (κ3) is 3.58. The minimum absolute atomic E-state index is 0.218. The van der Waals surface area contributed by atoms with Crippen molar-refractivity contribution in [1.29, 1.82) is 0 Å². The number of aromatic amines is 1. The lowest BCUT2D eigenvalue weighted by atomic mass is 10.1. The summed E-state index contributed by atoms with van der Waals surface area (Å²) in [6, 6.07) is 6.13. The van der Waals surface area contributed by atoms with E-state index >= 15 is 0 Å². The molecule has 1 aliphatic rings. The first-order valence-corrected chi connectivity index (χ1v) is 9.64. The predicted octanol–water partition coefficient (Wildman–Crippen LogP) is 2.64. The molecule has 0 spiro atoms. The van der Waals surface area contributed by atoms with E-state index in [0.717, 1.165) is 45.9 Å². The number of fused-ring (bicyclic) bond motifs is 1. The summed E-state index contributed by atoms with van der Waals surface area (Å²) < 4.78 is 5.60. The summed E-state index contributed by atoms with van der Waals surface area (Å²) in [7, 11) is 1.75. The summed E-state index contributed by atoms with van der Waals surface area (Å²) >= 11 is 0. The van der Waals surface area contributed by atoms with Crippen LogP contribution >= 0.6 is 0 Å². The molecule has 1 aliphatic heterocycles. The molecule has 0 saturated carbocycles. The van der Waals surface area contributed by atoms with Crippen LogP contribution in [0, 0.1) is 0 Å². The number of aliphatic imine (C=N–C) groups is 1. The van der Waals surface area contributed by atoms with Crippen molar-refractivity contribution in [1.82, 2.24) is 19.9 Å². The van der Waals surface area contributed by atoms with Crippen molar-refractivity contribution in [2.75, 3.05) is 31.7 Å². The van der Waals surface area contributed by atoms with Crippen LogP contribution in [-0.2, 0) is 4.74 Å². The lowest BCUT2D eigenvalue weighted by molar-refractivity contribution is 0.0985. The molecular formula is C21H25N7O. The Bertz CT molecular complexity index is 1090. The Morgan fingerprint density at radius 2 is 2.24 bits per heavy atom. The number of ether oxygens (including phenoxy) is 1. The lowest BCUT2D eigenvalue weighted by Gasteiger charge is -2.34. The van der Waals surface area contributed by atoms with Crippen LogP contribution in [-0.4, -0.2) is 58.5 Å². The van der Waals surface area contributed by atoms with Gasteiger partial charge in [0.2, 0.25) is 0 Å². The second kappa shape index (κ2) is 8.00. The van der Waals surface area contributed by atoms with Gasteiger partial charge in [-0.25, -0.2) is 15.0 Å². The molecule has 4 heterocycles. The van der Waals surface area contributed by atoms with Crippen molar-refractivity contribution < 1.29 is 4.74 Å². The Labute approximate surface area is 169 Å². The van der Waals surface area contributed by atoms with E-state index in [-0.39, 0.29) is 6.04 Å². The fourth-order valence-corrected chi connectivity index (χ4v) is 3.58. The van der Waals surface area contributed by atoms with E-state index in [1.165, 1.54) is 0 Å². The molecule has 0 bridgehead atoms. The van der Waals surface area contributed by atoms with Gasteiger partial charge in [-0.15, -0.1) is 0 Å². The zero-order valence-electron chi connectivity index (χ0n) is 16.9. The Kier molecular flexibility index (Phi) is 5.26. The summed E-state index contributed by atoms with van der Waals surface area (Å²) in [5.74, 6) is 1.48. The first-order valence-electron chi connectivity index (χ1n) is 9.64. The van der Waals surface area contributed by atoms with Gasteiger partial charge in [-0.3, -0.25) is 4.99 Å². The number of hydrogen-bond donors (Lipinski definition) is 2. The topological polar surface area (TPSA) is 105 Å². The van der Waals surface area contributed by atoms with Crippen molar-refractivity contribution in [3.05, 3.63) is 42.5 Å². The molecule has 0 aliphatic carbocycles. The van der Waals surface area contributed by atoms with E-state index in [9.17, 15) is 0 Å². The van der Waals surface area contributed by atoms with Crippen LogP contribution in [0.2, 0.25) is 0 Å². The Hall–Kier alpha value is -3.26. The van der Waals surface area contributed by atoms with E-state index in [1.54, 1.807) is 19.4 Å². The minimum atomic E-state index is 0.218. The molecule has 1 saturated heterocycles. The maximum atomic E-state index is 5.95. The highest BCUT2D eigenvalue weighted by molar-refractivity contribution is 6.22. The second-order valence-electron chi connectivity index (χ2n) is 7.04. The van der Waals surface area contributed by atoms with Gasteiger partial charge in [0.25, 0.3) is 0 Å². The van der Waals surface area contributed by atoms with E-state index in [1.807, 2.05) is 31.3 Å². The number of rotatable bonds is 4. The highest BCUT2D eigenvalue weighted by atomic mass is 16.5. The van der Waals surface area contributed by atoms with E-state index in [0.29, 0.717) is 19.0 Å². The quantitative estimate of drug-likeness (QED) is 0.663. The van der Waals surface area contributed by atoms with Crippen molar-refractivity contribution >= 4 is 28.1 Å². The standard InChI is InChI=1S/C21H25N7O/c1-13-12-29-9-8-28(13)19-10-18(17(11-22)14(2)23-3)26-21(27-19)16-5-7-25-20-15(16)4-6-24-20/h4-7,10-11,13H,8-9,12,22H2,1-3H3,(H,24,25). The highest BCUT2D eigenvalue weighted by Gasteiger charge is 2.23. The molecule has 0 radical (unpaired) electrons. The molecule has 3 aromatic rings.